The van der Waals surface area contributed by atoms with Crippen molar-refractivity contribution in [2.24, 2.45) is 10.7 Å². The Morgan fingerprint density at radius 1 is 1.26 bits per heavy atom. The van der Waals surface area contributed by atoms with Crippen LogP contribution in [-0.4, -0.2) is 56.8 Å². The Bertz CT molecular complexity index is 481. The van der Waals surface area contributed by atoms with Gasteiger partial charge in [0.1, 0.15) is 0 Å². The highest BCUT2D eigenvalue weighted by molar-refractivity contribution is 5.77. The van der Waals surface area contributed by atoms with Crippen molar-refractivity contribution >= 4 is 5.96 Å². The number of ether oxygens (including phenoxy) is 1. The second-order valence-electron chi connectivity index (χ2n) is 6.69. The van der Waals surface area contributed by atoms with Crippen molar-refractivity contribution < 1.29 is 4.74 Å². The van der Waals surface area contributed by atoms with E-state index in [4.69, 9.17) is 10.5 Å². The number of aliphatic imine (C=N–C) groups is 1. The van der Waals surface area contributed by atoms with Crippen LogP contribution in [0.2, 0.25) is 0 Å². The molecule has 0 aliphatic carbocycles. The molecule has 2 rings (SSSR count). The van der Waals surface area contributed by atoms with Gasteiger partial charge in [0.2, 0.25) is 0 Å². The summed E-state index contributed by atoms with van der Waals surface area (Å²) in [5.41, 5.74) is 7.25. The second kappa shape index (κ2) is 8.89. The maximum Gasteiger partial charge on any atom is 0.188 e. The van der Waals surface area contributed by atoms with Gasteiger partial charge in [-0.15, -0.1) is 0 Å². The molecule has 5 nitrogen and oxygen atoms in total. The summed E-state index contributed by atoms with van der Waals surface area (Å²) in [7, 11) is 0. The van der Waals surface area contributed by atoms with E-state index in [1.807, 2.05) is 6.07 Å². The molecule has 5 heteroatoms. The maximum absolute atomic E-state index is 5.98. The lowest BCUT2D eigenvalue weighted by atomic mass is 9.85. The molecule has 1 saturated heterocycles. The molecule has 128 valence electrons. The van der Waals surface area contributed by atoms with Gasteiger partial charge in [-0.3, -0.25) is 9.89 Å². The minimum atomic E-state index is -0.0125. The number of morpholine rings is 1. The van der Waals surface area contributed by atoms with Gasteiger partial charge in [-0.25, -0.2) is 0 Å². The van der Waals surface area contributed by atoms with Crippen LogP contribution in [0.5, 0.6) is 0 Å². The van der Waals surface area contributed by atoms with E-state index in [1.165, 1.54) is 5.56 Å². The largest absolute Gasteiger partial charge is 0.379 e. The highest BCUT2D eigenvalue weighted by Crippen LogP contribution is 2.22. The fraction of sp³-hybridized carbons (Fsp3) is 0.611. The Balaban J connectivity index is 1.68. The standard InChI is InChI=1S/C18H30N4O/c1-18(2,16-7-4-3-5-8-16)15-21-17(19)20-9-6-10-22-11-13-23-14-12-22/h3-5,7-8H,6,9-15H2,1-2H3,(H3,19,20,21). The van der Waals surface area contributed by atoms with Gasteiger partial charge in [0.25, 0.3) is 0 Å². The molecule has 0 bridgehead atoms. The molecule has 0 radical (unpaired) electrons. The second-order valence-corrected chi connectivity index (χ2v) is 6.69. The minimum Gasteiger partial charge on any atom is -0.379 e. The zero-order valence-corrected chi connectivity index (χ0v) is 14.4. The van der Waals surface area contributed by atoms with Crippen LogP contribution in [0.15, 0.2) is 35.3 Å². The normalized spacial score (nSPS) is 17.2. The molecule has 1 aliphatic rings. The number of nitrogens with two attached hydrogens (primary N) is 1. The Morgan fingerprint density at radius 3 is 2.65 bits per heavy atom. The highest BCUT2D eigenvalue weighted by Gasteiger charge is 2.19. The predicted molar refractivity (Wildman–Crippen MR) is 95.8 cm³/mol. The van der Waals surface area contributed by atoms with Gasteiger partial charge >= 0.3 is 0 Å². The zero-order chi connectivity index (χ0) is 16.5. The summed E-state index contributed by atoms with van der Waals surface area (Å²) < 4.78 is 5.35. The average molecular weight is 318 g/mol. The van der Waals surface area contributed by atoms with Crippen LogP contribution in [0.4, 0.5) is 0 Å². The summed E-state index contributed by atoms with van der Waals surface area (Å²) >= 11 is 0. The lowest BCUT2D eigenvalue weighted by molar-refractivity contribution is 0.0376. The SMILES string of the molecule is CC(C)(CN=C(N)NCCCN1CCOCC1)c1ccccc1. The lowest BCUT2D eigenvalue weighted by Gasteiger charge is -2.26. The fourth-order valence-electron chi connectivity index (χ4n) is 2.66. The molecule has 1 aliphatic heterocycles. The van der Waals surface area contributed by atoms with Gasteiger partial charge in [-0.2, -0.15) is 0 Å². The van der Waals surface area contributed by atoms with Crippen molar-refractivity contribution in [3.05, 3.63) is 35.9 Å². The van der Waals surface area contributed by atoms with Crippen LogP contribution < -0.4 is 11.1 Å². The van der Waals surface area contributed by atoms with Crippen molar-refractivity contribution in [2.45, 2.75) is 25.7 Å². The monoisotopic (exact) mass is 318 g/mol. The summed E-state index contributed by atoms with van der Waals surface area (Å²) in [6.07, 6.45) is 1.07. The molecule has 23 heavy (non-hydrogen) atoms. The number of benzene rings is 1. The summed E-state index contributed by atoms with van der Waals surface area (Å²) in [5.74, 6) is 0.538. The summed E-state index contributed by atoms with van der Waals surface area (Å²) in [6.45, 7) is 10.8. The van der Waals surface area contributed by atoms with Crippen LogP contribution in [0, 0.1) is 0 Å². The molecular weight excluding hydrogens is 288 g/mol. The Kier molecular flexibility index (Phi) is 6.86. The van der Waals surface area contributed by atoms with Gasteiger partial charge in [0, 0.05) is 25.0 Å². The van der Waals surface area contributed by atoms with E-state index in [1.54, 1.807) is 0 Å². The van der Waals surface area contributed by atoms with Gasteiger partial charge in [0.05, 0.1) is 19.8 Å². The zero-order valence-electron chi connectivity index (χ0n) is 14.4. The van der Waals surface area contributed by atoms with Crippen LogP contribution >= 0.6 is 0 Å². The first-order chi connectivity index (χ1) is 11.1. The topological polar surface area (TPSA) is 62.9 Å². The van der Waals surface area contributed by atoms with Crippen LogP contribution in [0.1, 0.15) is 25.8 Å². The van der Waals surface area contributed by atoms with E-state index in [0.717, 1.165) is 45.8 Å². The Morgan fingerprint density at radius 2 is 1.96 bits per heavy atom. The molecule has 1 aromatic carbocycles. The van der Waals surface area contributed by atoms with Crippen molar-refractivity contribution in [1.29, 1.82) is 0 Å². The van der Waals surface area contributed by atoms with E-state index >= 15 is 0 Å². The van der Waals surface area contributed by atoms with Crippen molar-refractivity contribution in [1.82, 2.24) is 10.2 Å². The number of nitrogens with one attached hydrogen (secondary N) is 1. The van der Waals surface area contributed by atoms with Gasteiger partial charge < -0.3 is 15.8 Å². The Hall–Kier alpha value is -1.59. The smallest absolute Gasteiger partial charge is 0.188 e. The first kappa shape index (κ1) is 17.8. The maximum atomic E-state index is 5.98. The molecule has 0 aromatic heterocycles. The van der Waals surface area contributed by atoms with Crippen molar-refractivity contribution in [3.8, 4) is 0 Å². The quantitative estimate of drug-likeness (QED) is 0.455. The molecule has 0 amide bonds. The number of guanidine groups is 1. The molecule has 0 spiro atoms. The molecule has 1 heterocycles. The van der Waals surface area contributed by atoms with E-state index in [-0.39, 0.29) is 5.41 Å². The predicted octanol–water partition coefficient (Wildman–Crippen LogP) is 1.59. The van der Waals surface area contributed by atoms with Gasteiger partial charge in [-0.1, -0.05) is 44.2 Å². The number of nitrogens with zero attached hydrogens (tertiary/aromatic N) is 2. The minimum absolute atomic E-state index is 0.0125. The number of hydrogen-bond acceptors (Lipinski definition) is 3. The van der Waals surface area contributed by atoms with E-state index in [0.29, 0.717) is 12.5 Å². The molecule has 0 atom stereocenters. The molecule has 0 saturated carbocycles. The third kappa shape index (κ3) is 6.20. The van der Waals surface area contributed by atoms with E-state index in [9.17, 15) is 0 Å². The van der Waals surface area contributed by atoms with Crippen LogP contribution in [0.3, 0.4) is 0 Å². The number of rotatable bonds is 7. The van der Waals surface area contributed by atoms with E-state index < -0.39 is 0 Å². The van der Waals surface area contributed by atoms with Crippen LogP contribution in [-0.2, 0) is 10.2 Å². The summed E-state index contributed by atoms with van der Waals surface area (Å²) in [6, 6.07) is 10.4. The molecule has 0 unspecified atom stereocenters. The number of hydrogen-bond donors (Lipinski definition) is 2. The molecule has 1 fully saturated rings. The van der Waals surface area contributed by atoms with Crippen molar-refractivity contribution in [2.75, 3.05) is 45.9 Å². The summed E-state index contributed by atoms with van der Waals surface area (Å²) in [5, 5.41) is 3.22. The van der Waals surface area contributed by atoms with Crippen molar-refractivity contribution in [3.63, 3.8) is 0 Å². The first-order valence-electron chi connectivity index (χ1n) is 8.47. The fourth-order valence-corrected chi connectivity index (χ4v) is 2.66. The highest BCUT2D eigenvalue weighted by atomic mass is 16.5. The molecule has 3 N–H and O–H groups in total. The average Bonchev–Trinajstić information content (AvgIpc) is 2.59. The summed E-state index contributed by atoms with van der Waals surface area (Å²) in [4.78, 5) is 6.93. The Labute approximate surface area is 139 Å². The lowest BCUT2D eigenvalue weighted by Crippen LogP contribution is -2.39. The van der Waals surface area contributed by atoms with Gasteiger partial charge in [-0.05, 0) is 18.5 Å². The van der Waals surface area contributed by atoms with Crippen LogP contribution in [0.25, 0.3) is 0 Å². The first-order valence-corrected chi connectivity index (χ1v) is 8.47. The van der Waals surface area contributed by atoms with Gasteiger partial charge in [0.15, 0.2) is 5.96 Å². The third-order valence-corrected chi connectivity index (χ3v) is 4.26. The molecular formula is C18H30N4O. The molecule has 1 aromatic rings. The third-order valence-electron chi connectivity index (χ3n) is 4.26. The van der Waals surface area contributed by atoms with E-state index in [2.05, 4.69) is 53.3 Å².